The molecule has 8 nitrogen and oxygen atoms in total. The fraction of sp³-hybridized carbons (Fsp3) is 0.458. The average Bonchev–Trinajstić information content (AvgIpc) is 3.31. The van der Waals surface area contributed by atoms with Crippen molar-refractivity contribution in [3.63, 3.8) is 0 Å². The van der Waals surface area contributed by atoms with Crippen LogP contribution in [0.15, 0.2) is 30.4 Å². The van der Waals surface area contributed by atoms with Crippen molar-refractivity contribution in [3.8, 4) is 0 Å². The normalized spacial score (nSPS) is 22.6. The number of hydrogen-bond donors (Lipinski definition) is 0. The first-order chi connectivity index (χ1) is 15.3. The lowest BCUT2D eigenvalue weighted by molar-refractivity contribution is -0.148. The molecule has 0 saturated carbocycles. The zero-order chi connectivity index (χ0) is 23.0. The van der Waals surface area contributed by atoms with E-state index in [-0.39, 0.29) is 48.3 Å². The van der Waals surface area contributed by atoms with E-state index < -0.39 is 12.1 Å². The van der Waals surface area contributed by atoms with Gasteiger partial charge in [-0.25, -0.2) is 0 Å². The number of benzene rings is 1. The zero-order valence-electron chi connectivity index (χ0n) is 18.2. The smallest absolute Gasteiger partial charge is 0.308 e. The van der Waals surface area contributed by atoms with Gasteiger partial charge in [0.25, 0.3) is 0 Å². The summed E-state index contributed by atoms with van der Waals surface area (Å²) in [5.74, 6) is -2.16. The molecular weight excluding hydrogens is 412 g/mol. The highest BCUT2D eigenvalue weighted by atomic mass is 16.5. The molecule has 3 amide bonds. The van der Waals surface area contributed by atoms with E-state index in [1.54, 1.807) is 23.1 Å². The molecule has 3 atom stereocenters. The fourth-order valence-corrected chi connectivity index (χ4v) is 4.72. The minimum atomic E-state index is -0.998. The van der Waals surface area contributed by atoms with Crippen LogP contribution in [0.25, 0.3) is 0 Å². The summed E-state index contributed by atoms with van der Waals surface area (Å²) in [6.45, 7) is 3.55. The molecule has 1 aromatic rings. The molecule has 32 heavy (non-hydrogen) atoms. The number of Topliss-reactive ketones (excluding diaryl/α,β-unsaturated/α-hetero) is 1. The summed E-state index contributed by atoms with van der Waals surface area (Å²) in [5, 5.41) is 0. The number of fused-ring (bicyclic) bond motifs is 2. The Morgan fingerprint density at radius 1 is 1.09 bits per heavy atom. The molecule has 0 N–H and O–H groups in total. The van der Waals surface area contributed by atoms with Gasteiger partial charge in [-0.3, -0.25) is 28.9 Å². The van der Waals surface area contributed by atoms with Gasteiger partial charge < -0.3 is 9.64 Å². The number of nitrogens with zero attached hydrogens (tertiary/aromatic N) is 2. The van der Waals surface area contributed by atoms with E-state index in [1.165, 1.54) is 13.8 Å². The highest BCUT2D eigenvalue weighted by Crippen LogP contribution is 2.35. The maximum Gasteiger partial charge on any atom is 0.308 e. The molecule has 4 rings (SSSR count). The fourth-order valence-electron chi connectivity index (χ4n) is 4.72. The van der Waals surface area contributed by atoms with Gasteiger partial charge in [0, 0.05) is 31.3 Å². The summed E-state index contributed by atoms with van der Waals surface area (Å²) in [5.41, 5.74) is 2.12. The average molecular weight is 438 g/mol. The standard InChI is InChI=1S/C24H26N2O6/c1-14(22(29)17-7-8-20-16(13-17)9-11-25(20)15(2)27)32-21(28)10-12-26-23(30)18-5-3-4-6-19(18)24(26)31/h3-4,7-8,13-14,18-19H,5-6,9-12H2,1-2H3/t14-,18-,19+/m1/s1. The van der Waals surface area contributed by atoms with Crippen LogP contribution in [0.2, 0.25) is 0 Å². The first-order valence-electron chi connectivity index (χ1n) is 10.9. The molecule has 0 bridgehead atoms. The van der Waals surface area contributed by atoms with Crippen molar-refractivity contribution >= 4 is 35.2 Å². The van der Waals surface area contributed by atoms with Gasteiger partial charge in [0.1, 0.15) is 0 Å². The molecular formula is C24H26N2O6. The van der Waals surface area contributed by atoms with Crippen molar-refractivity contribution in [1.82, 2.24) is 4.90 Å². The number of allylic oxidation sites excluding steroid dienone is 2. The maximum atomic E-state index is 12.7. The summed E-state index contributed by atoms with van der Waals surface area (Å²) in [4.78, 5) is 64.5. The van der Waals surface area contributed by atoms with Crippen LogP contribution >= 0.6 is 0 Å². The molecule has 8 heteroatoms. The highest BCUT2D eigenvalue weighted by molar-refractivity contribution is 6.05. The number of likely N-dealkylation sites (tertiary alicyclic amines) is 1. The molecule has 2 heterocycles. The van der Waals surface area contributed by atoms with Crippen LogP contribution in [-0.4, -0.2) is 53.6 Å². The second-order valence-electron chi connectivity index (χ2n) is 8.49. The Morgan fingerprint density at radius 2 is 1.75 bits per heavy atom. The lowest BCUT2D eigenvalue weighted by Crippen LogP contribution is -2.34. The second-order valence-corrected chi connectivity index (χ2v) is 8.49. The Bertz CT molecular complexity index is 1000. The van der Waals surface area contributed by atoms with Crippen LogP contribution in [0.5, 0.6) is 0 Å². The Kier molecular flexibility index (Phi) is 5.95. The zero-order valence-corrected chi connectivity index (χ0v) is 18.2. The number of hydrogen-bond acceptors (Lipinski definition) is 6. The molecule has 168 valence electrons. The van der Waals surface area contributed by atoms with Crippen molar-refractivity contribution in [2.24, 2.45) is 11.8 Å². The van der Waals surface area contributed by atoms with Gasteiger partial charge in [0.2, 0.25) is 23.5 Å². The van der Waals surface area contributed by atoms with Crippen LogP contribution in [0, 0.1) is 11.8 Å². The van der Waals surface area contributed by atoms with Gasteiger partial charge in [0.05, 0.1) is 18.3 Å². The molecule has 1 fully saturated rings. The van der Waals surface area contributed by atoms with E-state index in [9.17, 15) is 24.0 Å². The van der Waals surface area contributed by atoms with Gasteiger partial charge in [-0.1, -0.05) is 12.2 Å². The van der Waals surface area contributed by atoms with Crippen LogP contribution in [0.3, 0.4) is 0 Å². The minimum absolute atomic E-state index is 0.0376. The van der Waals surface area contributed by atoms with Gasteiger partial charge in [0.15, 0.2) is 6.10 Å². The number of rotatable bonds is 6. The van der Waals surface area contributed by atoms with E-state index in [0.717, 1.165) is 16.2 Å². The summed E-state index contributed by atoms with van der Waals surface area (Å²) in [6.07, 6.45) is 4.43. The third-order valence-corrected chi connectivity index (χ3v) is 6.46. The number of anilines is 1. The van der Waals surface area contributed by atoms with Crippen molar-refractivity contribution < 1.29 is 28.7 Å². The van der Waals surface area contributed by atoms with Crippen LogP contribution in [0.1, 0.15) is 49.0 Å². The van der Waals surface area contributed by atoms with Crippen molar-refractivity contribution in [2.45, 2.75) is 45.6 Å². The third kappa shape index (κ3) is 3.97. The van der Waals surface area contributed by atoms with Gasteiger partial charge in [-0.2, -0.15) is 0 Å². The monoisotopic (exact) mass is 438 g/mol. The van der Waals surface area contributed by atoms with E-state index in [2.05, 4.69) is 0 Å². The van der Waals surface area contributed by atoms with Crippen molar-refractivity contribution in [1.29, 1.82) is 0 Å². The van der Waals surface area contributed by atoms with Gasteiger partial charge >= 0.3 is 5.97 Å². The van der Waals surface area contributed by atoms with E-state index in [4.69, 9.17) is 4.74 Å². The lowest BCUT2D eigenvalue weighted by Gasteiger charge is -2.17. The number of carbonyl (C=O) groups excluding carboxylic acids is 5. The predicted octanol–water partition coefficient (Wildman–Crippen LogP) is 2.05. The molecule has 1 aliphatic carbocycles. The van der Waals surface area contributed by atoms with E-state index in [0.29, 0.717) is 31.4 Å². The molecule has 0 aromatic heterocycles. The first kappa shape index (κ1) is 21.9. The molecule has 0 unspecified atom stereocenters. The molecule has 3 aliphatic rings. The quantitative estimate of drug-likeness (QED) is 0.292. The first-order valence-corrected chi connectivity index (χ1v) is 10.9. The number of carbonyl (C=O) groups is 5. The summed E-state index contributed by atoms with van der Waals surface area (Å²) in [6, 6.07) is 5.11. The molecule has 0 spiro atoms. The van der Waals surface area contributed by atoms with Gasteiger partial charge in [-0.05, 0) is 49.9 Å². The lowest BCUT2D eigenvalue weighted by atomic mass is 9.85. The van der Waals surface area contributed by atoms with Crippen molar-refractivity contribution in [3.05, 3.63) is 41.5 Å². The Balaban J connectivity index is 1.32. The predicted molar refractivity (Wildman–Crippen MR) is 115 cm³/mol. The van der Waals surface area contributed by atoms with Crippen molar-refractivity contribution in [2.75, 3.05) is 18.0 Å². The number of ketones is 1. The minimum Gasteiger partial charge on any atom is -0.454 e. The topological polar surface area (TPSA) is 101 Å². The third-order valence-electron chi connectivity index (χ3n) is 6.46. The molecule has 2 aliphatic heterocycles. The molecule has 0 radical (unpaired) electrons. The van der Waals surface area contributed by atoms with Crippen LogP contribution in [-0.2, 0) is 30.3 Å². The maximum absolute atomic E-state index is 12.7. The number of imide groups is 1. The largest absolute Gasteiger partial charge is 0.454 e. The van der Waals surface area contributed by atoms with E-state index in [1.807, 2.05) is 12.2 Å². The highest BCUT2D eigenvalue weighted by Gasteiger charge is 2.47. The Morgan fingerprint density at radius 3 is 2.38 bits per heavy atom. The summed E-state index contributed by atoms with van der Waals surface area (Å²) in [7, 11) is 0. The number of esters is 1. The second kappa shape index (κ2) is 8.68. The van der Waals surface area contributed by atoms with Gasteiger partial charge in [-0.15, -0.1) is 0 Å². The number of ether oxygens (including phenoxy) is 1. The molecule has 1 saturated heterocycles. The van der Waals surface area contributed by atoms with Crippen LogP contribution in [0.4, 0.5) is 5.69 Å². The SMILES string of the molecule is CC(=O)N1CCc2cc(C(=O)[C@@H](C)OC(=O)CCN3C(=O)[C@H]4CC=CC[C@H]4C3=O)ccc21. The summed E-state index contributed by atoms with van der Waals surface area (Å²) < 4.78 is 5.28. The van der Waals surface area contributed by atoms with Crippen LogP contribution < -0.4 is 4.90 Å². The Hall–Kier alpha value is -3.29. The van der Waals surface area contributed by atoms with E-state index >= 15 is 0 Å². The number of amides is 3. The summed E-state index contributed by atoms with van der Waals surface area (Å²) >= 11 is 0. The molecule has 1 aromatic carbocycles. The Labute approximate surface area is 186 Å².